The number of ether oxygens (including phenoxy) is 3. The number of urea groups is 1. The lowest BCUT2D eigenvalue weighted by Gasteiger charge is -2.28. The molecule has 0 saturated carbocycles. The third-order valence-corrected chi connectivity index (χ3v) is 5.91. The molecule has 10 nitrogen and oxygen atoms in total. The first-order valence-corrected chi connectivity index (χ1v) is 11.7. The Labute approximate surface area is 218 Å². The number of aliphatic hydroxyl groups excluding tert-OH is 1. The molecule has 1 aliphatic rings. The number of nitrogens with zero attached hydrogens (tertiary/aromatic N) is 1. The number of allylic oxidation sites excluding steroid dienone is 1. The highest BCUT2D eigenvalue weighted by Gasteiger charge is 2.32. The molecule has 0 radical (unpaired) electrons. The summed E-state index contributed by atoms with van der Waals surface area (Å²) < 4.78 is 16.3. The largest absolute Gasteiger partial charge is 0.490 e. The third-order valence-electron chi connectivity index (χ3n) is 5.08. The van der Waals surface area contributed by atoms with Gasteiger partial charge in [0.2, 0.25) is 0 Å². The summed E-state index contributed by atoms with van der Waals surface area (Å²) in [5, 5.41) is 20.2. The fourth-order valence-electron chi connectivity index (χ4n) is 3.44. The number of carbonyl (C=O) groups excluding carboxylic acids is 2. The molecular weight excluding hydrogens is 511 g/mol. The molecule has 2 aromatic rings. The van der Waals surface area contributed by atoms with Gasteiger partial charge in [0.25, 0.3) is 0 Å². The molecule has 0 unspecified atom stereocenters. The van der Waals surface area contributed by atoms with E-state index in [2.05, 4.69) is 21.2 Å². The van der Waals surface area contributed by atoms with Gasteiger partial charge in [-0.3, -0.25) is 5.43 Å². The van der Waals surface area contributed by atoms with Crippen LogP contribution in [0.3, 0.4) is 0 Å². The number of hydrogen-bond donors (Lipinski definition) is 4. The van der Waals surface area contributed by atoms with E-state index in [4.69, 9.17) is 37.4 Å². The van der Waals surface area contributed by atoms with E-state index < -0.39 is 24.3 Å². The van der Waals surface area contributed by atoms with E-state index >= 15 is 0 Å². The Morgan fingerprint density at radius 1 is 1.25 bits per heavy atom. The molecule has 0 aromatic heterocycles. The summed E-state index contributed by atoms with van der Waals surface area (Å²) in [4.78, 5) is 24.4. The van der Waals surface area contributed by atoms with E-state index in [1.54, 1.807) is 50.2 Å². The second-order valence-electron chi connectivity index (χ2n) is 7.56. The van der Waals surface area contributed by atoms with Crippen molar-refractivity contribution in [2.45, 2.75) is 26.1 Å². The van der Waals surface area contributed by atoms with Gasteiger partial charge in [-0.1, -0.05) is 41.4 Å². The van der Waals surface area contributed by atoms with Crippen molar-refractivity contribution in [1.29, 1.82) is 0 Å². The fourth-order valence-corrected chi connectivity index (χ4v) is 3.79. The number of rotatable bonds is 10. The number of hydrogen-bond acceptors (Lipinski definition) is 8. The Bertz CT molecular complexity index is 1190. The van der Waals surface area contributed by atoms with Gasteiger partial charge in [0.15, 0.2) is 17.7 Å². The second kappa shape index (κ2) is 12.5. The number of carbonyl (C=O) groups is 2. The first-order chi connectivity index (χ1) is 17.2. The topological polar surface area (TPSA) is 131 Å². The average molecular weight is 537 g/mol. The number of amides is 2. The lowest BCUT2D eigenvalue weighted by molar-refractivity contribution is -0.136. The molecule has 2 atom stereocenters. The molecule has 192 valence electrons. The van der Waals surface area contributed by atoms with Gasteiger partial charge in [-0.25, -0.2) is 9.59 Å². The average Bonchev–Trinajstić information content (AvgIpc) is 2.85. The van der Waals surface area contributed by atoms with Gasteiger partial charge in [-0.15, -0.1) is 0 Å². The van der Waals surface area contributed by atoms with Crippen molar-refractivity contribution in [2.75, 3.05) is 20.3 Å². The van der Waals surface area contributed by atoms with Gasteiger partial charge in [0.05, 0.1) is 41.6 Å². The van der Waals surface area contributed by atoms with Crippen LogP contribution in [0.15, 0.2) is 52.8 Å². The molecule has 2 aromatic carbocycles. The second-order valence-corrected chi connectivity index (χ2v) is 8.34. The predicted octanol–water partition coefficient (Wildman–Crippen LogP) is 3.51. The Morgan fingerprint density at radius 3 is 2.75 bits per heavy atom. The minimum Gasteiger partial charge on any atom is -0.490 e. The van der Waals surface area contributed by atoms with Gasteiger partial charge in [-0.2, -0.15) is 5.10 Å². The van der Waals surface area contributed by atoms with E-state index in [0.717, 1.165) is 0 Å². The molecule has 36 heavy (non-hydrogen) atoms. The van der Waals surface area contributed by atoms with E-state index in [9.17, 15) is 14.7 Å². The monoisotopic (exact) mass is 536 g/mol. The highest BCUT2D eigenvalue weighted by molar-refractivity contribution is 6.43. The Balaban J connectivity index is 1.72. The smallest absolute Gasteiger partial charge is 0.337 e. The van der Waals surface area contributed by atoms with Crippen molar-refractivity contribution in [3.05, 3.63) is 68.8 Å². The van der Waals surface area contributed by atoms with Crippen molar-refractivity contribution in [3.8, 4) is 11.5 Å². The minimum atomic E-state index is -1.14. The summed E-state index contributed by atoms with van der Waals surface area (Å²) in [5.74, 6) is 0.145. The van der Waals surface area contributed by atoms with Gasteiger partial charge in [0, 0.05) is 11.3 Å². The molecule has 2 amide bonds. The van der Waals surface area contributed by atoms with Crippen LogP contribution in [0.1, 0.15) is 31.0 Å². The highest BCUT2D eigenvalue weighted by Crippen LogP contribution is 2.35. The number of benzene rings is 2. The zero-order chi connectivity index (χ0) is 26.2. The first kappa shape index (κ1) is 27.1. The Morgan fingerprint density at radius 2 is 2.03 bits per heavy atom. The maximum absolute atomic E-state index is 12.3. The number of nitrogens with one attached hydrogen (secondary N) is 3. The number of methoxy groups -OCH3 is 1. The number of esters is 1. The lowest BCUT2D eigenvalue weighted by Crippen LogP contribution is -2.45. The van der Waals surface area contributed by atoms with Crippen LogP contribution in [0, 0.1) is 0 Å². The van der Waals surface area contributed by atoms with E-state index in [-0.39, 0.29) is 12.2 Å². The van der Waals surface area contributed by atoms with Crippen molar-refractivity contribution in [2.24, 2.45) is 5.10 Å². The molecule has 0 fully saturated rings. The molecule has 0 bridgehead atoms. The zero-order valence-corrected chi connectivity index (χ0v) is 21.3. The summed E-state index contributed by atoms with van der Waals surface area (Å²) in [6.45, 7) is 3.61. The Kier molecular flexibility index (Phi) is 9.40. The molecule has 1 aliphatic heterocycles. The number of hydrazone groups is 1. The van der Waals surface area contributed by atoms with Crippen molar-refractivity contribution >= 4 is 41.4 Å². The number of aliphatic hydroxyl groups is 1. The highest BCUT2D eigenvalue weighted by atomic mass is 35.5. The minimum absolute atomic E-state index is 0.156. The van der Waals surface area contributed by atoms with E-state index in [1.807, 2.05) is 0 Å². The summed E-state index contributed by atoms with van der Waals surface area (Å²) in [6.07, 6.45) is 0.285. The predicted molar refractivity (Wildman–Crippen MR) is 135 cm³/mol. The van der Waals surface area contributed by atoms with E-state index in [0.29, 0.717) is 45.0 Å². The van der Waals surface area contributed by atoms with Crippen molar-refractivity contribution < 1.29 is 28.9 Å². The molecule has 3 rings (SSSR count). The maximum atomic E-state index is 12.3. The SMILES string of the molecule is CCOc1cc([C@H]2NC(=O)NC(C)=C2C(=O)OC)ccc1OC[C@@H](O)N/N=C/c1cccc(Cl)c1Cl. The maximum Gasteiger partial charge on any atom is 0.337 e. The first-order valence-electron chi connectivity index (χ1n) is 10.9. The summed E-state index contributed by atoms with van der Waals surface area (Å²) in [5.41, 5.74) is 4.37. The third kappa shape index (κ3) is 6.60. The zero-order valence-electron chi connectivity index (χ0n) is 19.8. The quantitative estimate of drug-likeness (QED) is 0.158. The lowest BCUT2D eigenvalue weighted by atomic mass is 9.95. The fraction of sp³-hybridized carbons (Fsp3) is 0.292. The molecular formula is C24H26Cl2N4O6. The molecule has 0 aliphatic carbocycles. The van der Waals surface area contributed by atoms with Crippen LogP contribution < -0.4 is 25.5 Å². The van der Waals surface area contributed by atoms with Crippen molar-refractivity contribution in [3.63, 3.8) is 0 Å². The van der Waals surface area contributed by atoms with Crippen LogP contribution in [0.4, 0.5) is 4.79 Å². The van der Waals surface area contributed by atoms with Crippen LogP contribution in [-0.4, -0.2) is 49.9 Å². The number of halogens is 2. The van der Waals surface area contributed by atoms with Crippen LogP contribution in [0.25, 0.3) is 0 Å². The Hall–Kier alpha value is -3.47. The molecule has 1 heterocycles. The summed E-state index contributed by atoms with van der Waals surface area (Å²) in [6, 6.07) is 8.89. The van der Waals surface area contributed by atoms with Crippen molar-refractivity contribution in [1.82, 2.24) is 16.1 Å². The van der Waals surface area contributed by atoms with Gasteiger partial charge in [0.1, 0.15) is 6.61 Å². The van der Waals surface area contributed by atoms with E-state index in [1.165, 1.54) is 13.3 Å². The summed E-state index contributed by atoms with van der Waals surface area (Å²) >= 11 is 12.1. The van der Waals surface area contributed by atoms with Crippen LogP contribution >= 0.6 is 23.2 Å². The summed E-state index contributed by atoms with van der Waals surface area (Å²) in [7, 11) is 1.27. The standard InChI is InChI=1S/C24H26Cl2N4O6/c1-4-35-18-10-14(22-20(23(32)34-3)13(2)28-24(33)29-22)8-9-17(18)36-12-19(31)30-27-11-15-6-5-7-16(25)21(15)26/h5-11,19,22,30-31H,4,12H2,1-3H3,(H2,28,29,33)/b27-11+/t19-,22-/m1/s1. The normalized spacial score (nSPS) is 16.3. The van der Waals surface area contributed by atoms with Crippen LogP contribution in [-0.2, 0) is 9.53 Å². The van der Waals surface area contributed by atoms with Gasteiger partial charge < -0.3 is 30.0 Å². The van der Waals surface area contributed by atoms with Crippen LogP contribution in [0.5, 0.6) is 11.5 Å². The van der Waals surface area contributed by atoms with Gasteiger partial charge >= 0.3 is 12.0 Å². The molecule has 0 spiro atoms. The molecule has 0 saturated heterocycles. The molecule has 12 heteroatoms. The van der Waals surface area contributed by atoms with Gasteiger partial charge in [-0.05, 0) is 37.6 Å². The van der Waals surface area contributed by atoms with Crippen LogP contribution in [0.2, 0.25) is 10.0 Å². The molecule has 4 N–H and O–H groups in total.